The minimum atomic E-state index is 0.276. The van der Waals surface area contributed by atoms with Crippen LogP contribution in [-0.2, 0) is 0 Å². The summed E-state index contributed by atoms with van der Waals surface area (Å²) in [5.41, 5.74) is 2.01. The first-order valence-electron chi connectivity index (χ1n) is 6.34. The van der Waals surface area contributed by atoms with Crippen molar-refractivity contribution in [3.8, 4) is 0 Å². The molecule has 1 rings (SSSR count). The molecule has 0 aliphatic carbocycles. The van der Waals surface area contributed by atoms with Crippen molar-refractivity contribution in [2.24, 2.45) is 0 Å². The van der Waals surface area contributed by atoms with Crippen LogP contribution < -0.4 is 0 Å². The number of hydrogen-bond acceptors (Lipinski definition) is 2. The Morgan fingerprint density at radius 1 is 1.18 bits per heavy atom. The average molecular weight is 233 g/mol. The predicted molar refractivity (Wildman–Crippen MR) is 72.5 cm³/mol. The molecule has 0 heterocycles. The Balaban J connectivity index is 2.26. The van der Waals surface area contributed by atoms with Crippen molar-refractivity contribution in [1.29, 1.82) is 0 Å². The molecular formula is C15H23NO. The Kier molecular flexibility index (Phi) is 5.92. The van der Waals surface area contributed by atoms with Crippen molar-refractivity contribution in [3.63, 3.8) is 0 Å². The third kappa shape index (κ3) is 5.64. The van der Waals surface area contributed by atoms with E-state index < -0.39 is 0 Å². The molecule has 0 spiro atoms. The lowest BCUT2D eigenvalue weighted by atomic mass is 10.0. The van der Waals surface area contributed by atoms with Crippen LogP contribution in [-0.4, -0.2) is 31.3 Å². The molecule has 0 aliphatic heterocycles. The van der Waals surface area contributed by atoms with Gasteiger partial charge < -0.3 is 4.90 Å². The average Bonchev–Trinajstić information content (AvgIpc) is 2.28. The molecule has 0 N–H and O–H groups in total. The van der Waals surface area contributed by atoms with E-state index in [2.05, 4.69) is 19.0 Å². The fourth-order valence-corrected chi connectivity index (χ4v) is 1.85. The Morgan fingerprint density at radius 2 is 1.94 bits per heavy atom. The zero-order valence-electron chi connectivity index (χ0n) is 11.2. The van der Waals surface area contributed by atoms with E-state index in [1.165, 1.54) is 6.42 Å². The summed E-state index contributed by atoms with van der Waals surface area (Å²) >= 11 is 0. The summed E-state index contributed by atoms with van der Waals surface area (Å²) in [4.78, 5) is 14.1. The zero-order chi connectivity index (χ0) is 12.7. The second-order valence-electron chi connectivity index (χ2n) is 4.91. The number of carbonyl (C=O) groups is 1. The molecule has 0 fully saturated rings. The molecule has 94 valence electrons. The van der Waals surface area contributed by atoms with Crippen LogP contribution >= 0.6 is 0 Å². The van der Waals surface area contributed by atoms with Crippen LogP contribution in [0.2, 0.25) is 0 Å². The van der Waals surface area contributed by atoms with Gasteiger partial charge >= 0.3 is 0 Å². The molecule has 0 amide bonds. The highest BCUT2D eigenvalue weighted by atomic mass is 16.1. The van der Waals surface area contributed by atoms with Crippen LogP contribution in [0.15, 0.2) is 24.3 Å². The molecule has 2 nitrogen and oxygen atoms in total. The standard InChI is InChI=1S/C15H23NO/c1-13-8-7-9-14(12-13)15(17)10-5-4-6-11-16(2)3/h7-9,12H,4-6,10-11H2,1-3H3. The fourth-order valence-electron chi connectivity index (χ4n) is 1.85. The highest BCUT2D eigenvalue weighted by Crippen LogP contribution is 2.10. The highest BCUT2D eigenvalue weighted by molar-refractivity contribution is 5.96. The van der Waals surface area contributed by atoms with Gasteiger partial charge in [0, 0.05) is 12.0 Å². The molecule has 0 bridgehead atoms. The van der Waals surface area contributed by atoms with E-state index in [-0.39, 0.29) is 5.78 Å². The Bertz CT molecular complexity index is 358. The van der Waals surface area contributed by atoms with Gasteiger partial charge in [-0.2, -0.15) is 0 Å². The second-order valence-corrected chi connectivity index (χ2v) is 4.91. The highest BCUT2D eigenvalue weighted by Gasteiger charge is 2.05. The molecule has 0 aromatic heterocycles. The largest absolute Gasteiger partial charge is 0.309 e. The van der Waals surface area contributed by atoms with Gasteiger partial charge in [0.1, 0.15) is 0 Å². The van der Waals surface area contributed by atoms with Crippen LogP contribution in [0.1, 0.15) is 41.6 Å². The molecule has 17 heavy (non-hydrogen) atoms. The number of hydrogen-bond donors (Lipinski definition) is 0. The van der Waals surface area contributed by atoms with E-state index in [9.17, 15) is 4.79 Å². The van der Waals surface area contributed by atoms with E-state index in [1.807, 2.05) is 31.2 Å². The topological polar surface area (TPSA) is 20.3 Å². The van der Waals surface area contributed by atoms with Crippen LogP contribution in [0.5, 0.6) is 0 Å². The summed E-state index contributed by atoms with van der Waals surface area (Å²) in [6, 6.07) is 7.86. The summed E-state index contributed by atoms with van der Waals surface area (Å²) in [6.07, 6.45) is 3.99. The van der Waals surface area contributed by atoms with Crippen LogP contribution in [0.3, 0.4) is 0 Å². The summed E-state index contributed by atoms with van der Waals surface area (Å²) < 4.78 is 0. The number of ketones is 1. The summed E-state index contributed by atoms with van der Waals surface area (Å²) in [6.45, 7) is 3.13. The first-order chi connectivity index (χ1) is 8.09. The maximum absolute atomic E-state index is 11.9. The second kappa shape index (κ2) is 7.23. The Hall–Kier alpha value is -1.15. The third-order valence-corrected chi connectivity index (χ3v) is 2.85. The van der Waals surface area contributed by atoms with Crippen LogP contribution in [0.4, 0.5) is 0 Å². The van der Waals surface area contributed by atoms with Gasteiger partial charge in [-0.3, -0.25) is 4.79 Å². The van der Waals surface area contributed by atoms with Crippen LogP contribution in [0.25, 0.3) is 0 Å². The summed E-state index contributed by atoms with van der Waals surface area (Å²) in [5.74, 6) is 0.276. The zero-order valence-corrected chi connectivity index (χ0v) is 11.2. The fraction of sp³-hybridized carbons (Fsp3) is 0.533. The van der Waals surface area contributed by atoms with Gasteiger partial charge in [-0.1, -0.05) is 30.2 Å². The molecular weight excluding hydrogens is 210 g/mol. The van der Waals surface area contributed by atoms with E-state index in [1.54, 1.807) is 0 Å². The smallest absolute Gasteiger partial charge is 0.162 e. The first-order valence-corrected chi connectivity index (χ1v) is 6.34. The Labute approximate surface area is 105 Å². The molecule has 2 heteroatoms. The molecule has 0 saturated carbocycles. The van der Waals surface area contributed by atoms with Gasteiger partial charge in [0.15, 0.2) is 5.78 Å². The Morgan fingerprint density at radius 3 is 2.59 bits per heavy atom. The summed E-state index contributed by atoms with van der Waals surface area (Å²) in [7, 11) is 4.16. The van der Waals surface area contributed by atoms with E-state index >= 15 is 0 Å². The number of rotatable bonds is 7. The maximum Gasteiger partial charge on any atom is 0.162 e. The normalized spacial score (nSPS) is 10.8. The lowest BCUT2D eigenvalue weighted by Gasteiger charge is -2.08. The van der Waals surface area contributed by atoms with Crippen molar-refractivity contribution in [2.75, 3.05) is 20.6 Å². The van der Waals surface area contributed by atoms with Crippen LogP contribution in [0, 0.1) is 6.92 Å². The van der Waals surface area contributed by atoms with Gasteiger partial charge in [0.2, 0.25) is 0 Å². The summed E-state index contributed by atoms with van der Waals surface area (Å²) in [5, 5.41) is 0. The monoisotopic (exact) mass is 233 g/mol. The predicted octanol–water partition coefficient (Wildman–Crippen LogP) is 3.30. The van der Waals surface area contributed by atoms with E-state index in [4.69, 9.17) is 0 Å². The first kappa shape index (κ1) is 13.9. The molecule has 1 aromatic rings. The number of aryl methyl sites for hydroxylation is 1. The molecule has 0 unspecified atom stereocenters. The molecule has 0 aliphatic rings. The SMILES string of the molecule is Cc1cccc(C(=O)CCCCCN(C)C)c1. The van der Waals surface area contributed by atoms with Crippen molar-refractivity contribution >= 4 is 5.78 Å². The number of carbonyl (C=O) groups excluding carboxylic acids is 1. The van der Waals surface area contributed by atoms with Crippen molar-refractivity contribution in [1.82, 2.24) is 4.90 Å². The van der Waals surface area contributed by atoms with Gasteiger partial charge in [0.05, 0.1) is 0 Å². The van der Waals surface area contributed by atoms with Crippen molar-refractivity contribution < 1.29 is 4.79 Å². The molecule has 1 aromatic carbocycles. The van der Waals surface area contributed by atoms with Gasteiger partial charge in [-0.15, -0.1) is 0 Å². The minimum Gasteiger partial charge on any atom is -0.309 e. The molecule has 0 atom stereocenters. The van der Waals surface area contributed by atoms with Crippen molar-refractivity contribution in [3.05, 3.63) is 35.4 Å². The number of unbranched alkanes of at least 4 members (excludes halogenated alkanes) is 2. The lowest BCUT2D eigenvalue weighted by molar-refractivity contribution is 0.0979. The number of Topliss-reactive ketones (excluding diaryl/α,β-unsaturated/α-hetero) is 1. The van der Waals surface area contributed by atoms with E-state index in [0.717, 1.165) is 30.5 Å². The number of benzene rings is 1. The maximum atomic E-state index is 11.9. The third-order valence-electron chi connectivity index (χ3n) is 2.85. The van der Waals surface area contributed by atoms with Gasteiger partial charge in [-0.05, 0) is 46.5 Å². The van der Waals surface area contributed by atoms with E-state index in [0.29, 0.717) is 6.42 Å². The number of nitrogens with zero attached hydrogens (tertiary/aromatic N) is 1. The van der Waals surface area contributed by atoms with Crippen molar-refractivity contribution in [2.45, 2.75) is 32.6 Å². The van der Waals surface area contributed by atoms with Gasteiger partial charge in [-0.25, -0.2) is 0 Å². The quantitative estimate of drug-likeness (QED) is 0.532. The molecule has 0 radical (unpaired) electrons. The minimum absolute atomic E-state index is 0.276. The van der Waals surface area contributed by atoms with Gasteiger partial charge in [0.25, 0.3) is 0 Å². The lowest BCUT2D eigenvalue weighted by Crippen LogP contribution is -2.12. The molecule has 0 saturated heterocycles.